The minimum atomic E-state index is -4.70. The van der Waals surface area contributed by atoms with E-state index in [4.69, 9.17) is 0 Å². The zero-order valence-electron chi connectivity index (χ0n) is 13.6. The van der Waals surface area contributed by atoms with Gasteiger partial charge in [-0.25, -0.2) is 8.42 Å². The van der Waals surface area contributed by atoms with Crippen LogP contribution in [0.15, 0.2) is 18.2 Å². The number of carbonyl (C=O) groups excluding carboxylic acids is 1. The fraction of sp³-hybridized carbons (Fsp3) is 0.357. The van der Waals surface area contributed by atoms with Crippen LogP contribution in [0.1, 0.15) is 28.7 Å². The Balaban J connectivity index is 1.82. The van der Waals surface area contributed by atoms with Crippen LogP contribution in [0.3, 0.4) is 0 Å². The van der Waals surface area contributed by atoms with Gasteiger partial charge in [0.15, 0.2) is 0 Å². The molecule has 0 bridgehead atoms. The minimum absolute atomic E-state index is 0.157. The first kappa shape index (κ1) is 18.2. The van der Waals surface area contributed by atoms with Gasteiger partial charge in [-0.3, -0.25) is 19.5 Å². The first-order valence-electron chi connectivity index (χ1n) is 7.40. The second kappa shape index (κ2) is 5.97. The molecular weight excluding hydrogens is 375 g/mol. The topological polar surface area (TPSA) is 108 Å². The van der Waals surface area contributed by atoms with Gasteiger partial charge >= 0.3 is 6.18 Å². The first-order valence-corrected chi connectivity index (χ1v) is 9.25. The Morgan fingerprint density at radius 3 is 2.65 bits per heavy atom. The molecule has 1 amide bonds. The number of nitrogens with one attached hydrogen (secondary N) is 2. The molecule has 2 heterocycles. The van der Waals surface area contributed by atoms with E-state index in [0.29, 0.717) is 17.7 Å². The summed E-state index contributed by atoms with van der Waals surface area (Å²) < 4.78 is 62.5. The zero-order chi connectivity index (χ0) is 19.3. The maximum atomic E-state index is 12.5. The number of carbonyl (C=O) groups is 1. The number of nitrogens with zero attached hydrogens (tertiary/aromatic N) is 3. The van der Waals surface area contributed by atoms with Crippen molar-refractivity contribution >= 4 is 27.6 Å². The number of benzene rings is 1. The van der Waals surface area contributed by atoms with Gasteiger partial charge in [0.25, 0.3) is 5.91 Å². The normalized spacial score (nSPS) is 17.3. The van der Waals surface area contributed by atoms with Gasteiger partial charge < -0.3 is 0 Å². The second-order valence-corrected chi connectivity index (χ2v) is 7.77. The average molecular weight is 389 g/mol. The quantitative estimate of drug-likeness (QED) is 0.832. The van der Waals surface area contributed by atoms with Gasteiger partial charge in [-0.15, -0.1) is 5.10 Å². The number of anilines is 2. The van der Waals surface area contributed by atoms with Crippen LogP contribution < -0.4 is 9.62 Å². The Bertz CT molecular complexity index is 970. The maximum absolute atomic E-state index is 12.5. The van der Waals surface area contributed by atoms with Crippen molar-refractivity contribution in [2.75, 3.05) is 15.9 Å². The molecule has 1 unspecified atom stereocenters. The first-order chi connectivity index (χ1) is 12.0. The lowest BCUT2D eigenvalue weighted by molar-refractivity contribution is -0.144. The number of aromatic nitrogens is 3. The highest BCUT2D eigenvalue weighted by Gasteiger charge is 2.36. The van der Waals surface area contributed by atoms with Crippen molar-refractivity contribution in [1.82, 2.24) is 15.2 Å². The van der Waals surface area contributed by atoms with Crippen molar-refractivity contribution in [2.45, 2.75) is 25.6 Å². The molecule has 12 heteroatoms. The van der Waals surface area contributed by atoms with Gasteiger partial charge in [-0.2, -0.15) is 18.2 Å². The molecule has 0 saturated carbocycles. The summed E-state index contributed by atoms with van der Waals surface area (Å²) in [5, 5.41) is 7.17. The molecule has 1 atom stereocenters. The van der Waals surface area contributed by atoms with Crippen LogP contribution in [-0.2, 0) is 22.6 Å². The van der Waals surface area contributed by atoms with Crippen molar-refractivity contribution in [1.29, 1.82) is 0 Å². The van der Waals surface area contributed by atoms with Gasteiger partial charge in [0.1, 0.15) is 0 Å². The zero-order valence-corrected chi connectivity index (χ0v) is 14.4. The summed E-state index contributed by atoms with van der Waals surface area (Å²) in [6, 6.07) is 4.10. The van der Waals surface area contributed by atoms with Crippen LogP contribution in [0.2, 0.25) is 0 Å². The molecule has 1 aromatic heterocycles. The number of amides is 1. The Kier molecular flexibility index (Phi) is 4.17. The number of hydrogen-bond acceptors (Lipinski definition) is 5. The molecule has 140 valence electrons. The van der Waals surface area contributed by atoms with Crippen LogP contribution in [-0.4, -0.2) is 41.8 Å². The van der Waals surface area contributed by atoms with E-state index in [2.05, 4.69) is 15.4 Å². The summed E-state index contributed by atoms with van der Waals surface area (Å²) in [5.74, 6) is -2.53. The average Bonchev–Trinajstić information content (AvgIpc) is 3.08. The summed E-state index contributed by atoms with van der Waals surface area (Å²) >= 11 is 0. The van der Waals surface area contributed by atoms with Crippen LogP contribution in [0, 0.1) is 0 Å². The van der Waals surface area contributed by atoms with Gasteiger partial charge in [0.2, 0.25) is 21.8 Å². The Hall–Kier alpha value is -2.63. The van der Waals surface area contributed by atoms with E-state index in [-0.39, 0.29) is 11.6 Å². The van der Waals surface area contributed by atoms with Gasteiger partial charge in [-0.05, 0) is 37.1 Å². The van der Waals surface area contributed by atoms with Crippen molar-refractivity contribution in [3.63, 3.8) is 0 Å². The molecule has 0 radical (unpaired) electrons. The van der Waals surface area contributed by atoms with Crippen LogP contribution >= 0.6 is 0 Å². The Morgan fingerprint density at radius 1 is 1.38 bits per heavy atom. The van der Waals surface area contributed by atoms with E-state index >= 15 is 0 Å². The number of rotatable bonds is 3. The van der Waals surface area contributed by atoms with E-state index in [9.17, 15) is 26.4 Å². The second-order valence-electron chi connectivity index (χ2n) is 5.91. The highest BCUT2D eigenvalue weighted by molar-refractivity contribution is 7.92. The lowest BCUT2D eigenvalue weighted by Gasteiger charge is -2.21. The smallest absolute Gasteiger partial charge is 0.289 e. The van der Waals surface area contributed by atoms with Crippen molar-refractivity contribution in [2.24, 2.45) is 0 Å². The molecule has 0 saturated heterocycles. The third-order valence-electron chi connectivity index (χ3n) is 3.83. The molecule has 3 rings (SSSR count). The fourth-order valence-electron chi connectivity index (χ4n) is 2.87. The molecule has 26 heavy (non-hydrogen) atoms. The molecule has 8 nitrogen and oxygen atoms in total. The lowest BCUT2D eigenvalue weighted by Crippen LogP contribution is -2.34. The monoisotopic (exact) mass is 389 g/mol. The van der Waals surface area contributed by atoms with Gasteiger partial charge in [0.05, 0.1) is 11.9 Å². The highest BCUT2D eigenvalue weighted by atomic mass is 32.2. The molecule has 1 aliphatic heterocycles. The largest absolute Gasteiger partial charge is 0.451 e. The van der Waals surface area contributed by atoms with E-state index in [1.165, 1.54) is 22.5 Å². The SMILES string of the molecule is CC1Cc2cc(C(=O)Nc3n[nH]c(C(F)(F)F)n3)ccc2N1S(C)(=O)=O. The van der Waals surface area contributed by atoms with E-state index in [0.717, 1.165) is 6.26 Å². The minimum Gasteiger partial charge on any atom is -0.289 e. The van der Waals surface area contributed by atoms with Crippen LogP contribution in [0.25, 0.3) is 0 Å². The van der Waals surface area contributed by atoms with Crippen LogP contribution in [0.4, 0.5) is 24.8 Å². The third-order valence-corrected chi connectivity index (χ3v) is 5.10. The van der Waals surface area contributed by atoms with Crippen LogP contribution in [0.5, 0.6) is 0 Å². The fourth-order valence-corrected chi connectivity index (χ4v) is 4.13. The summed E-state index contributed by atoms with van der Waals surface area (Å²) in [6.45, 7) is 1.74. The Labute approximate surface area is 146 Å². The highest BCUT2D eigenvalue weighted by Crippen LogP contribution is 2.34. The summed E-state index contributed by atoms with van der Waals surface area (Å²) in [4.78, 5) is 15.4. The number of H-pyrrole nitrogens is 1. The molecule has 2 aromatic rings. The molecule has 0 aliphatic carbocycles. The third kappa shape index (κ3) is 3.36. The predicted molar refractivity (Wildman–Crippen MR) is 86.3 cm³/mol. The number of alkyl halides is 3. The number of fused-ring (bicyclic) bond motifs is 1. The van der Waals surface area contributed by atoms with E-state index in [1.807, 2.05) is 0 Å². The summed E-state index contributed by atoms with van der Waals surface area (Å²) in [7, 11) is -3.46. The predicted octanol–water partition coefficient (Wildman–Crippen LogP) is 1.79. The number of sulfonamides is 1. The van der Waals surface area contributed by atoms with Crippen molar-refractivity contribution < 1.29 is 26.4 Å². The number of hydrogen-bond donors (Lipinski definition) is 2. The van der Waals surface area contributed by atoms with Crippen molar-refractivity contribution in [3.05, 3.63) is 35.2 Å². The molecule has 1 aliphatic rings. The van der Waals surface area contributed by atoms with Crippen molar-refractivity contribution in [3.8, 4) is 0 Å². The lowest BCUT2D eigenvalue weighted by atomic mass is 10.1. The molecular formula is C14H14F3N5O3S. The summed E-state index contributed by atoms with van der Waals surface area (Å²) in [5.41, 5.74) is 1.29. The Morgan fingerprint density at radius 2 is 2.08 bits per heavy atom. The number of halogens is 3. The molecule has 2 N–H and O–H groups in total. The molecule has 0 fully saturated rings. The van der Waals surface area contributed by atoms with Gasteiger partial charge in [-0.1, -0.05) is 0 Å². The number of aromatic amines is 1. The standard InChI is InChI=1S/C14H14F3N5O3S/c1-7-5-9-6-8(3-4-10(9)22(7)26(2,24)25)11(23)18-13-19-12(20-21-13)14(15,16)17/h3-4,6-7H,5H2,1-2H3,(H2,18,19,20,21,23). The van der Waals surface area contributed by atoms with E-state index < -0.39 is 33.9 Å². The van der Waals surface area contributed by atoms with Gasteiger partial charge in [0, 0.05) is 11.6 Å². The molecule has 0 spiro atoms. The molecule has 1 aromatic carbocycles. The maximum Gasteiger partial charge on any atom is 0.451 e. The summed E-state index contributed by atoms with van der Waals surface area (Å²) in [6.07, 6.45) is -3.18. The van der Waals surface area contributed by atoms with E-state index in [1.54, 1.807) is 12.0 Å².